The fourth-order valence-electron chi connectivity index (χ4n) is 7.54. The SMILES string of the molecule is CCCCC/C=C\C/C=C\C/C=C\C/C=C\C/C=C\CCC(=O)O[C@H](COC(=O)CCCCCCC/C=C\CC1OC1CCCCC)COP(=O)(O)OP(=O)(O)OC[C@H]1O[C@@H](n2ccc(N)nc2=O)[C@H](O)[C@@H]1O. The Morgan fingerprint density at radius 3 is 1.92 bits per heavy atom. The second-order valence-electron chi connectivity index (χ2n) is 18.1. The Bertz CT molecular complexity index is 2080. The number of nitrogens with zero attached hydrogens (tertiary/aromatic N) is 2. The number of epoxide rings is 1. The van der Waals surface area contributed by atoms with Crippen molar-refractivity contribution in [2.24, 2.45) is 0 Å². The zero-order valence-electron chi connectivity index (χ0n) is 42.9. The lowest BCUT2D eigenvalue weighted by Crippen LogP contribution is -2.36. The van der Waals surface area contributed by atoms with Crippen LogP contribution in [0.2, 0.25) is 0 Å². The van der Waals surface area contributed by atoms with Crippen LogP contribution in [0.1, 0.15) is 161 Å². The Balaban J connectivity index is 1.42. The van der Waals surface area contributed by atoms with Crippen molar-refractivity contribution in [1.29, 1.82) is 0 Å². The molecule has 1 aromatic rings. The van der Waals surface area contributed by atoms with Crippen molar-refractivity contribution in [3.05, 3.63) is 95.7 Å². The maximum absolute atomic E-state index is 12.9. The topological polar surface area (TPSA) is 278 Å². The predicted octanol–water partition coefficient (Wildman–Crippen LogP) is 9.88. The number of anilines is 1. The highest BCUT2D eigenvalue weighted by Crippen LogP contribution is 2.60. The number of rotatable bonds is 41. The number of aliphatic hydroxyl groups excluding tert-OH is 2. The number of aromatic nitrogens is 2. The molecule has 0 spiro atoms. The van der Waals surface area contributed by atoms with Gasteiger partial charge in [0.05, 0.1) is 25.4 Å². The molecule has 73 heavy (non-hydrogen) atoms. The third-order valence-electron chi connectivity index (χ3n) is 11.7. The number of carbonyl (C=O) groups excluding carboxylic acids is 2. The van der Waals surface area contributed by atoms with Crippen LogP contribution in [0.4, 0.5) is 5.82 Å². The van der Waals surface area contributed by atoms with Gasteiger partial charge in [0, 0.05) is 19.0 Å². The Labute approximate surface area is 431 Å². The molecule has 412 valence electrons. The van der Waals surface area contributed by atoms with E-state index in [-0.39, 0.29) is 18.7 Å². The van der Waals surface area contributed by atoms with Gasteiger partial charge in [-0.3, -0.25) is 23.2 Å². The van der Waals surface area contributed by atoms with E-state index in [4.69, 9.17) is 33.7 Å². The van der Waals surface area contributed by atoms with Gasteiger partial charge in [0.2, 0.25) is 0 Å². The molecule has 19 nitrogen and oxygen atoms in total. The van der Waals surface area contributed by atoms with Gasteiger partial charge in [-0.1, -0.05) is 138 Å². The minimum atomic E-state index is -5.45. The van der Waals surface area contributed by atoms with Gasteiger partial charge in [-0.2, -0.15) is 9.29 Å². The van der Waals surface area contributed by atoms with Crippen LogP contribution in [-0.4, -0.2) is 97.9 Å². The van der Waals surface area contributed by atoms with Crippen LogP contribution < -0.4 is 11.4 Å². The number of allylic oxidation sites excluding steroid dienone is 11. The summed E-state index contributed by atoms with van der Waals surface area (Å²) < 4.78 is 62.5. The van der Waals surface area contributed by atoms with Crippen molar-refractivity contribution in [2.75, 3.05) is 25.6 Å². The molecule has 1 aromatic heterocycles. The van der Waals surface area contributed by atoms with Crippen LogP contribution in [-0.2, 0) is 51.0 Å². The molecular weight excluding hydrogens is 985 g/mol. The Kier molecular flexibility index (Phi) is 32.2. The van der Waals surface area contributed by atoms with Gasteiger partial charge >= 0.3 is 33.3 Å². The first-order chi connectivity index (χ1) is 35.1. The second kappa shape index (κ2) is 37.0. The summed E-state index contributed by atoms with van der Waals surface area (Å²) in [5.74, 6) is -1.42. The largest absolute Gasteiger partial charge is 0.481 e. The van der Waals surface area contributed by atoms with Gasteiger partial charge in [0.25, 0.3) is 0 Å². The normalized spacial score (nSPS) is 22.3. The van der Waals surface area contributed by atoms with E-state index in [1.54, 1.807) is 6.08 Å². The predicted molar refractivity (Wildman–Crippen MR) is 279 cm³/mol. The van der Waals surface area contributed by atoms with Crippen molar-refractivity contribution in [2.45, 2.75) is 198 Å². The van der Waals surface area contributed by atoms with E-state index in [2.05, 4.69) is 71.8 Å². The Morgan fingerprint density at radius 2 is 1.26 bits per heavy atom. The first-order valence-corrected chi connectivity index (χ1v) is 29.1. The third kappa shape index (κ3) is 29.2. The van der Waals surface area contributed by atoms with Crippen molar-refractivity contribution in [3.63, 3.8) is 0 Å². The molecule has 6 N–H and O–H groups in total. The van der Waals surface area contributed by atoms with Crippen molar-refractivity contribution in [1.82, 2.24) is 9.55 Å². The van der Waals surface area contributed by atoms with E-state index < -0.39 is 83.7 Å². The summed E-state index contributed by atoms with van der Waals surface area (Å²) in [7, 11) is -10.9. The number of aliphatic hydroxyl groups is 2. The van der Waals surface area contributed by atoms with Crippen molar-refractivity contribution in [3.8, 4) is 0 Å². The lowest BCUT2D eigenvalue weighted by atomic mass is 10.1. The number of phosphoric acid groups is 2. The van der Waals surface area contributed by atoms with Crippen LogP contribution in [0.15, 0.2) is 90.0 Å². The van der Waals surface area contributed by atoms with Gasteiger partial charge < -0.3 is 44.7 Å². The summed E-state index contributed by atoms with van der Waals surface area (Å²) in [6.07, 6.45) is 38.8. The van der Waals surface area contributed by atoms with Crippen LogP contribution in [0.3, 0.4) is 0 Å². The molecule has 9 atom stereocenters. The minimum Gasteiger partial charge on any atom is -0.462 e. The number of nitrogens with two attached hydrogens (primary N) is 1. The standard InChI is InChI=1S/C52H83N3O16P2/c1-3-5-7-8-9-10-11-12-13-14-15-16-17-18-19-20-25-28-32-36-48(57)68-42(39-65-47(56)35-31-27-24-22-21-23-26-30-34-44-43(69-44)33-29-6-4-2)40-66-72(61,62)71-73(63,64)67-41-45-49(58)50(59)51(70-45)55-38-37-46(53)54-52(55)60/h9-10,12-13,15-16,18-19,25-26,28,30,37-38,42-45,49-51,58-59H,3-8,11,14,17,20-24,27,29,31-36,39-41H2,1-2H3,(H,61,62)(H,63,64)(H2,53,54,60)/b10-9-,13-12-,16-15-,19-18-,28-25-,30-26-/t42-,43?,44?,45-,49-,50-,51-/m1/s1. The second-order valence-corrected chi connectivity index (χ2v) is 21.1. The smallest absolute Gasteiger partial charge is 0.462 e. The van der Waals surface area contributed by atoms with Crippen LogP contribution in [0.25, 0.3) is 0 Å². The molecule has 2 aliphatic rings. The molecule has 3 heterocycles. The molecule has 0 radical (unpaired) electrons. The number of phosphoric ester groups is 2. The highest BCUT2D eigenvalue weighted by Gasteiger charge is 2.46. The molecule has 2 fully saturated rings. The van der Waals surface area contributed by atoms with Gasteiger partial charge in [-0.25, -0.2) is 13.9 Å². The third-order valence-corrected chi connectivity index (χ3v) is 14.3. The van der Waals surface area contributed by atoms with E-state index in [0.29, 0.717) is 31.5 Å². The molecule has 0 aliphatic carbocycles. The average Bonchev–Trinajstić information content (AvgIpc) is 4.04. The number of carbonyl (C=O) groups is 2. The van der Waals surface area contributed by atoms with E-state index in [1.807, 2.05) is 18.2 Å². The van der Waals surface area contributed by atoms with Gasteiger partial charge in [0.1, 0.15) is 30.7 Å². The van der Waals surface area contributed by atoms with Gasteiger partial charge in [-0.15, -0.1) is 0 Å². The molecule has 2 aliphatic heterocycles. The van der Waals surface area contributed by atoms with E-state index in [9.17, 15) is 43.5 Å². The summed E-state index contributed by atoms with van der Waals surface area (Å²) in [5, 5.41) is 20.9. The van der Waals surface area contributed by atoms with E-state index in [0.717, 1.165) is 81.4 Å². The number of nitrogen functional groups attached to an aromatic ring is 1. The van der Waals surface area contributed by atoms with Gasteiger partial charge in [-0.05, 0) is 83.1 Å². The molecular formula is C52H83N3O16P2. The number of hydrogen-bond acceptors (Lipinski definition) is 16. The minimum absolute atomic E-state index is 0.0824. The van der Waals surface area contributed by atoms with Crippen LogP contribution in [0, 0.1) is 0 Å². The fourth-order valence-corrected chi connectivity index (χ4v) is 9.65. The van der Waals surface area contributed by atoms with E-state index in [1.165, 1.54) is 44.6 Å². The zero-order valence-corrected chi connectivity index (χ0v) is 44.6. The molecule has 3 rings (SSSR count). The number of hydrogen-bond donors (Lipinski definition) is 5. The summed E-state index contributed by atoms with van der Waals surface area (Å²) >= 11 is 0. The molecule has 0 amide bonds. The zero-order chi connectivity index (χ0) is 53.2. The summed E-state index contributed by atoms with van der Waals surface area (Å²) in [6.45, 7) is 2.00. The lowest BCUT2D eigenvalue weighted by Gasteiger charge is -2.21. The monoisotopic (exact) mass is 1070 g/mol. The van der Waals surface area contributed by atoms with Crippen LogP contribution in [0.5, 0.6) is 0 Å². The summed E-state index contributed by atoms with van der Waals surface area (Å²) in [4.78, 5) is 61.9. The molecule has 0 saturated carbocycles. The van der Waals surface area contributed by atoms with Gasteiger partial charge in [0.15, 0.2) is 12.3 Å². The molecule has 4 unspecified atom stereocenters. The Hall–Kier alpha value is -3.84. The first-order valence-electron chi connectivity index (χ1n) is 26.1. The maximum atomic E-state index is 12.9. The summed E-state index contributed by atoms with van der Waals surface area (Å²) in [6, 6.07) is 1.24. The summed E-state index contributed by atoms with van der Waals surface area (Å²) in [5.41, 5.74) is 4.58. The molecule has 0 aromatic carbocycles. The maximum Gasteiger partial charge on any atom is 0.481 e. The highest BCUT2D eigenvalue weighted by atomic mass is 31.3. The van der Waals surface area contributed by atoms with E-state index >= 15 is 0 Å². The number of esters is 2. The average molecular weight is 1070 g/mol. The quantitative estimate of drug-likeness (QED) is 0.0134. The lowest BCUT2D eigenvalue weighted by molar-refractivity contribution is -0.161. The number of ether oxygens (including phenoxy) is 4. The molecule has 2 saturated heterocycles. The number of unbranched alkanes of at least 4 members (excludes halogenated alkanes) is 10. The highest BCUT2D eigenvalue weighted by molar-refractivity contribution is 7.61. The molecule has 0 bridgehead atoms. The van der Waals surface area contributed by atoms with Crippen molar-refractivity contribution >= 4 is 33.4 Å². The fraction of sp³-hybridized carbons (Fsp3) is 0.654. The van der Waals surface area contributed by atoms with Crippen molar-refractivity contribution < 1.29 is 71.0 Å². The van der Waals surface area contributed by atoms with Crippen LogP contribution >= 0.6 is 15.6 Å². The Morgan fingerprint density at radius 1 is 0.685 bits per heavy atom. The molecule has 21 heteroatoms. The first kappa shape index (κ1) is 63.5.